The number of methoxy groups -OCH3 is 1. The predicted octanol–water partition coefficient (Wildman–Crippen LogP) is 2.31. The number of morpholine rings is 2. The van der Waals surface area contributed by atoms with Gasteiger partial charge in [-0.15, -0.1) is 0 Å². The highest BCUT2D eigenvalue weighted by atomic mass is 32.2. The number of hydrogen-bond donors (Lipinski definition) is 1. The van der Waals surface area contributed by atoms with Crippen molar-refractivity contribution in [3.05, 3.63) is 90.0 Å². The Balaban J connectivity index is 1.33. The number of benzene rings is 3. The van der Waals surface area contributed by atoms with Crippen LogP contribution in [0.2, 0.25) is 0 Å². The number of carbonyl (C=O) groups excluding carboxylic acids is 2. The van der Waals surface area contributed by atoms with Crippen LogP contribution in [0.4, 0.5) is 0 Å². The zero-order valence-electron chi connectivity index (χ0n) is 26.6. The number of rotatable bonds is 14. The van der Waals surface area contributed by atoms with Gasteiger partial charge < -0.3 is 29.2 Å². The molecule has 0 radical (unpaired) electrons. The molecule has 12 nitrogen and oxygen atoms in total. The first-order chi connectivity index (χ1) is 22.8. The highest BCUT2D eigenvalue weighted by Gasteiger charge is 2.32. The summed E-state index contributed by atoms with van der Waals surface area (Å²) in [7, 11) is -2.09. The van der Waals surface area contributed by atoms with Crippen molar-refractivity contribution >= 4 is 21.8 Å². The van der Waals surface area contributed by atoms with Crippen LogP contribution in [-0.4, -0.2) is 114 Å². The van der Waals surface area contributed by atoms with Gasteiger partial charge in [0.2, 0.25) is 15.9 Å². The summed E-state index contributed by atoms with van der Waals surface area (Å²) >= 11 is 0. The summed E-state index contributed by atoms with van der Waals surface area (Å²) in [6.07, 6.45) is 0. The quantitative estimate of drug-likeness (QED) is 0.276. The zero-order chi connectivity index (χ0) is 33.1. The monoisotopic (exact) mass is 666 g/mol. The van der Waals surface area contributed by atoms with Crippen LogP contribution >= 0.6 is 0 Å². The van der Waals surface area contributed by atoms with E-state index < -0.39 is 22.0 Å². The van der Waals surface area contributed by atoms with Crippen molar-refractivity contribution in [1.82, 2.24) is 19.4 Å². The molecule has 3 aromatic rings. The fraction of sp³-hybridized carbons (Fsp3) is 0.412. The Labute approximate surface area is 276 Å². The van der Waals surface area contributed by atoms with E-state index in [0.717, 1.165) is 18.7 Å². The molecule has 0 saturated carbocycles. The third kappa shape index (κ3) is 9.30. The predicted molar refractivity (Wildman–Crippen MR) is 175 cm³/mol. The molecule has 0 bridgehead atoms. The van der Waals surface area contributed by atoms with Gasteiger partial charge in [0.15, 0.2) is 6.61 Å². The highest BCUT2D eigenvalue weighted by Crippen LogP contribution is 2.26. The third-order valence-electron chi connectivity index (χ3n) is 8.13. The minimum absolute atomic E-state index is 0.136. The van der Waals surface area contributed by atoms with E-state index >= 15 is 0 Å². The maximum atomic E-state index is 14.0. The summed E-state index contributed by atoms with van der Waals surface area (Å²) in [5.41, 5.74) is 1.47. The second-order valence-corrected chi connectivity index (χ2v) is 13.1. The first-order valence-electron chi connectivity index (χ1n) is 15.7. The lowest BCUT2D eigenvalue weighted by molar-refractivity contribution is -0.143. The number of amides is 2. The van der Waals surface area contributed by atoms with Crippen LogP contribution in [0.15, 0.2) is 83.8 Å². The molecule has 2 amide bonds. The van der Waals surface area contributed by atoms with Crippen LogP contribution < -0.4 is 14.8 Å². The molecule has 47 heavy (non-hydrogen) atoms. The van der Waals surface area contributed by atoms with Crippen LogP contribution in [0.25, 0.3) is 0 Å². The molecule has 0 aromatic heterocycles. The van der Waals surface area contributed by atoms with E-state index in [1.54, 1.807) is 19.2 Å². The average molecular weight is 667 g/mol. The summed E-state index contributed by atoms with van der Waals surface area (Å²) in [6, 6.07) is 21.6. The molecule has 1 N–H and O–H groups in total. The molecular formula is C34H42N4O8S. The van der Waals surface area contributed by atoms with Gasteiger partial charge in [-0.3, -0.25) is 14.5 Å². The lowest BCUT2D eigenvalue weighted by Crippen LogP contribution is -2.47. The van der Waals surface area contributed by atoms with Gasteiger partial charge in [-0.1, -0.05) is 42.5 Å². The summed E-state index contributed by atoms with van der Waals surface area (Å²) in [5.74, 6) is 0.288. The van der Waals surface area contributed by atoms with Crippen LogP contribution in [0.1, 0.15) is 17.2 Å². The van der Waals surface area contributed by atoms with Gasteiger partial charge in [-0.2, -0.15) is 4.31 Å². The van der Waals surface area contributed by atoms with Crippen LogP contribution in [0.5, 0.6) is 11.5 Å². The standard InChI is InChI=1S/C34H42N4O8S/c1-43-29-9-7-27(8-10-29)25-38(33(28-5-3-2-4-6-28)34(40)35-15-16-36-17-21-44-22-18-36)32(39)26-46-30-11-13-31(14-12-30)47(41,42)37-19-23-45-24-20-37/h2-14,33H,15-26H2,1H3,(H,35,40)/t33-/m1/s1. The van der Waals surface area contributed by atoms with Crippen molar-refractivity contribution in [3.8, 4) is 11.5 Å². The molecule has 13 heteroatoms. The lowest BCUT2D eigenvalue weighted by atomic mass is 10.0. The highest BCUT2D eigenvalue weighted by molar-refractivity contribution is 7.89. The second kappa shape index (κ2) is 16.7. The smallest absolute Gasteiger partial charge is 0.261 e. The van der Waals surface area contributed by atoms with E-state index in [2.05, 4.69) is 10.2 Å². The number of sulfonamides is 1. The topological polar surface area (TPSA) is 127 Å². The number of ether oxygens (including phenoxy) is 4. The van der Waals surface area contributed by atoms with Crippen LogP contribution in [0.3, 0.4) is 0 Å². The molecule has 0 aliphatic carbocycles. The van der Waals surface area contributed by atoms with Gasteiger partial charge in [-0.05, 0) is 47.5 Å². The fourth-order valence-corrected chi connectivity index (χ4v) is 6.90. The molecular weight excluding hydrogens is 624 g/mol. The van der Waals surface area contributed by atoms with Gasteiger partial charge in [0.25, 0.3) is 5.91 Å². The largest absolute Gasteiger partial charge is 0.497 e. The van der Waals surface area contributed by atoms with Gasteiger partial charge >= 0.3 is 0 Å². The van der Waals surface area contributed by atoms with Gasteiger partial charge in [0, 0.05) is 45.8 Å². The van der Waals surface area contributed by atoms with Crippen molar-refractivity contribution in [3.63, 3.8) is 0 Å². The van der Waals surface area contributed by atoms with Crippen molar-refractivity contribution in [2.45, 2.75) is 17.5 Å². The third-order valence-corrected chi connectivity index (χ3v) is 10.0. The molecule has 5 rings (SSSR count). The molecule has 1 atom stereocenters. The molecule has 3 aromatic carbocycles. The van der Waals surface area contributed by atoms with E-state index in [9.17, 15) is 18.0 Å². The first kappa shape index (κ1) is 34.3. The summed E-state index contributed by atoms with van der Waals surface area (Å²) in [5, 5.41) is 3.04. The van der Waals surface area contributed by atoms with Crippen LogP contribution in [0, 0.1) is 0 Å². The number of nitrogens with one attached hydrogen (secondary N) is 1. The Kier molecular flexibility index (Phi) is 12.2. The molecule has 2 aliphatic heterocycles. The summed E-state index contributed by atoms with van der Waals surface area (Å²) in [6.45, 7) is 5.09. The summed E-state index contributed by atoms with van der Waals surface area (Å²) < 4.78 is 49.3. The van der Waals surface area contributed by atoms with E-state index in [0.29, 0.717) is 69.7 Å². The Morgan fingerprint density at radius 2 is 1.47 bits per heavy atom. The van der Waals surface area contributed by atoms with E-state index in [4.69, 9.17) is 18.9 Å². The van der Waals surface area contributed by atoms with Crippen molar-refractivity contribution < 1.29 is 37.0 Å². The average Bonchev–Trinajstić information content (AvgIpc) is 3.12. The molecule has 2 heterocycles. The minimum Gasteiger partial charge on any atom is -0.497 e. The first-order valence-corrected chi connectivity index (χ1v) is 17.1. The normalized spacial score (nSPS) is 16.6. The summed E-state index contributed by atoms with van der Waals surface area (Å²) in [4.78, 5) is 31.7. The minimum atomic E-state index is -3.67. The van der Waals surface area contributed by atoms with Gasteiger partial charge in [0.05, 0.1) is 38.4 Å². The molecule has 0 unspecified atom stereocenters. The SMILES string of the molecule is COc1ccc(CN(C(=O)COc2ccc(S(=O)(=O)N3CCOCC3)cc2)[C@@H](C(=O)NCCN2CCOCC2)c2ccccc2)cc1. The fourth-order valence-electron chi connectivity index (χ4n) is 5.49. The van der Waals surface area contributed by atoms with Crippen molar-refractivity contribution in [2.75, 3.05) is 79.4 Å². The number of nitrogens with zero attached hydrogens (tertiary/aromatic N) is 3. The number of hydrogen-bond acceptors (Lipinski definition) is 9. The van der Waals surface area contributed by atoms with Crippen molar-refractivity contribution in [2.24, 2.45) is 0 Å². The molecule has 2 saturated heterocycles. The molecule has 2 aliphatic rings. The zero-order valence-corrected chi connectivity index (χ0v) is 27.4. The maximum absolute atomic E-state index is 14.0. The van der Waals surface area contributed by atoms with E-state index in [1.807, 2.05) is 42.5 Å². The van der Waals surface area contributed by atoms with Gasteiger partial charge in [-0.25, -0.2) is 8.42 Å². The Morgan fingerprint density at radius 3 is 2.11 bits per heavy atom. The van der Waals surface area contributed by atoms with E-state index in [1.165, 1.54) is 33.5 Å². The Morgan fingerprint density at radius 1 is 0.851 bits per heavy atom. The Hall–Kier alpha value is -4.01. The second-order valence-electron chi connectivity index (χ2n) is 11.2. The maximum Gasteiger partial charge on any atom is 0.261 e. The van der Waals surface area contributed by atoms with Gasteiger partial charge in [0.1, 0.15) is 17.5 Å². The molecule has 0 spiro atoms. The lowest BCUT2D eigenvalue weighted by Gasteiger charge is -2.32. The molecule has 252 valence electrons. The molecule has 2 fully saturated rings. The van der Waals surface area contributed by atoms with Crippen molar-refractivity contribution in [1.29, 1.82) is 0 Å². The van der Waals surface area contributed by atoms with E-state index in [-0.39, 0.29) is 24.0 Å². The number of carbonyl (C=O) groups is 2. The Bertz CT molecular complexity index is 1540. The van der Waals surface area contributed by atoms with Crippen LogP contribution in [-0.2, 0) is 35.6 Å².